The van der Waals surface area contributed by atoms with E-state index < -0.39 is 11.6 Å². The highest BCUT2D eigenvalue weighted by molar-refractivity contribution is 9.09. The number of halogens is 3. The molecule has 0 unspecified atom stereocenters. The minimum Gasteiger partial charge on any atom is -0.493 e. The Bertz CT molecular complexity index is 315. The summed E-state index contributed by atoms with van der Waals surface area (Å²) in [5.41, 5.74) is 0.574. The SMILES string of the molecule is COc1c(F)cc(F)cc1CCCBr. The van der Waals surface area contributed by atoms with Gasteiger partial charge in [-0.05, 0) is 18.9 Å². The maximum absolute atomic E-state index is 13.2. The van der Waals surface area contributed by atoms with Crippen molar-refractivity contribution in [2.75, 3.05) is 12.4 Å². The van der Waals surface area contributed by atoms with E-state index in [1.165, 1.54) is 13.2 Å². The number of rotatable bonds is 4. The van der Waals surface area contributed by atoms with Crippen LogP contribution in [-0.2, 0) is 6.42 Å². The first-order chi connectivity index (χ1) is 6.69. The van der Waals surface area contributed by atoms with Crippen LogP contribution in [0.4, 0.5) is 8.78 Å². The standard InChI is InChI=1S/C10H11BrF2O/c1-14-10-7(3-2-4-11)5-8(12)6-9(10)13/h5-6H,2-4H2,1H3. The first-order valence-electron chi connectivity index (χ1n) is 4.27. The zero-order valence-electron chi connectivity index (χ0n) is 7.82. The summed E-state index contributed by atoms with van der Waals surface area (Å²) in [4.78, 5) is 0. The average molecular weight is 265 g/mol. The first-order valence-corrected chi connectivity index (χ1v) is 5.39. The smallest absolute Gasteiger partial charge is 0.168 e. The average Bonchev–Trinajstić information content (AvgIpc) is 2.14. The molecule has 0 fully saturated rings. The zero-order chi connectivity index (χ0) is 10.6. The van der Waals surface area contributed by atoms with Crippen LogP contribution >= 0.6 is 15.9 Å². The van der Waals surface area contributed by atoms with Gasteiger partial charge >= 0.3 is 0 Å². The van der Waals surface area contributed by atoms with Crippen molar-refractivity contribution < 1.29 is 13.5 Å². The molecule has 0 heterocycles. The van der Waals surface area contributed by atoms with Crippen LogP contribution in [0.1, 0.15) is 12.0 Å². The van der Waals surface area contributed by atoms with Crippen LogP contribution in [0.25, 0.3) is 0 Å². The van der Waals surface area contributed by atoms with Gasteiger partial charge in [0.05, 0.1) is 7.11 Å². The maximum Gasteiger partial charge on any atom is 0.168 e. The van der Waals surface area contributed by atoms with Gasteiger partial charge in [-0.3, -0.25) is 0 Å². The van der Waals surface area contributed by atoms with E-state index in [-0.39, 0.29) is 5.75 Å². The van der Waals surface area contributed by atoms with E-state index >= 15 is 0 Å². The van der Waals surface area contributed by atoms with Crippen molar-refractivity contribution >= 4 is 15.9 Å². The van der Waals surface area contributed by atoms with Crippen molar-refractivity contribution in [3.8, 4) is 5.75 Å². The summed E-state index contributed by atoms with van der Waals surface area (Å²) in [6.45, 7) is 0. The van der Waals surface area contributed by atoms with Gasteiger partial charge in [0.15, 0.2) is 11.6 Å². The van der Waals surface area contributed by atoms with Gasteiger partial charge in [-0.15, -0.1) is 0 Å². The van der Waals surface area contributed by atoms with Gasteiger partial charge < -0.3 is 4.74 Å². The van der Waals surface area contributed by atoms with E-state index in [2.05, 4.69) is 15.9 Å². The number of methoxy groups -OCH3 is 1. The molecule has 0 atom stereocenters. The number of benzene rings is 1. The molecule has 78 valence electrons. The molecule has 0 spiro atoms. The number of ether oxygens (including phenoxy) is 1. The van der Waals surface area contributed by atoms with Gasteiger partial charge in [0.25, 0.3) is 0 Å². The second kappa shape index (κ2) is 5.29. The number of hydrogen-bond donors (Lipinski definition) is 0. The molecule has 14 heavy (non-hydrogen) atoms. The molecule has 0 bridgehead atoms. The fourth-order valence-electron chi connectivity index (χ4n) is 1.29. The van der Waals surface area contributed by atoms with E-state index in [0.29, 0.717) is 12.0 Å². The van der Waals surface area contributed by atoms with Gasteiger partial charge in [-0.1, -0.05) is 15.9 Å². The molecule has 1 aromatic carbocycles. The van der Waals surface area contributed by atoms with Crippen molar-refractivity contribution in [2.24, 2.45) is 0 Å². The monoisotopic (exact) mass is 264 g/mol. The lowest BCUT2D eigenvalue weighted by atomic mass is 10.1. The maximum atomic E-state index is 13.2. The molecule has 0 aliphatic rings. The van der Waals surface area contributed by atoms with Crippen LogP contribution in [0.15, 0.2) is 12.1 Å². The molecular formula is C10H11BrF2O. The fraction of sp³-hybridized carbons (Fsp3) is 0.400. The highest BCUT2D eigenvalue weighted by Crippen LogP contribution is 2.25. The van der Waals surface area contributed by atoms with Crippen molar-refractivity contribution in [2.45, 2.75) is 12.8 Å². The number of hydrogen-bond acceptors (Lipinski definition) is 1. The Morgan fingerprint density at radius 3 is 2.64 bits per heavy atom. The molecule has 0 aromatic heterocycles. The molecule has 0 radical (unpaired) electrons. The second-order valence-corrected chi connectivity index (χ2v) is 3.67. The van der Waals surface area contributed by atoms with E-state index in [1.807, 2.05) is 0 Å². The van der Waals surface area contributed by atoms with Crippen LogP contribution in [-0.4, -0.2) is 12.4 Å². The lowest BCUT2D eigenvalue weighted by Gasteiger charge is -2.08. The Labute approximate surface area is 90.2 Å². The summed E-state index contributed by atoms with van der Waals surface area (Å²) in [6.07, 6.45) is 1.42. The van der Waals surface area contributed by atoms with E-state index in [1.54, 1.807) is 0 Å². The second-order valence-electron chi connectivity index (χ2n) is 2.87. The van der Waals surface area contributed by atoms with Gasteiger partial charge in [0.1, 0.15) is 5.82 Å². The highest BCUT2D eigenvalue weighted by atomic mass is 79.9. The summed E-state index contributed by atoms with van der Waals surface area (Å²) >= 11 is 3.26. The van der Waals surface area contributed by atoms with Crippen LogP contribution in [0, 0.1) is 11.6 Å². The minimum atomic E-state index is -0.642. The third-order valence-corrected chi connectivity index (χ3v) is 2.43. The zero-order valence-corrected chi connectivity index (χ0v) is 9.40. The topological polar surface area (TPSA) is 9.23 Å². The quantitative estimate of drug-likeness (QED) is 0.759. The van der Waals surface area contributed by atoms with Crippen molar-refractivity contribution in [3.63, 3.8) is 0 Å². The summed E-state index contributed by atoms with van der Waals surface area (Å²) in [5, 5.41) is 0.800. The van der Waals surface area contributed by atoms with Crippen LogP contribution < -0.4 is 4.74 Å². The molecule has 1 rings (SSSR count). The number of aryl methyl sites for hydroxylation is 1. The Hall–Kier alpha value is -0.640. The summed E-state index contributed by atoms with van der Waals surface area (Å²) < 4.78 is 30.9. The van der Waals surface area contributed by atoms with Crippen molar-refractivity contribution in [1.29, 1.82) is 0 Å². The van der Waals surface area contributed by atoms with E-state index in [9.17, 15) is 8.78 Å². The first kappa shape index (κ1) is 11.4. The third-order valence-electron chi connectivity index (χ3n) is 1.87. The van der Waals surface area contributed by atoms with Crippen LogP contribution in [0.5, 0.6) is 5.75 Å². The minimum absolute atomic E-state index is 0.146. The third kappa shape index (κ3) is 2.67. The van der Waals surface area contributed by atoms with Crippen molar-refractivity contribution in [1.82, 2.24) is 0 Å². The molecule has 0 aliphatic heterocycles. The van der Waals surface area contributed by atoms with Gasteiger partial charge in [-0.2, -0.15) is 0 Å². The van der Waals surface area contributed by atoms with Gasteiger partial charge in [-0.25, -0.2) is 8.78 Å². The van der Waals surface area contributed by atoms with Gasteiger partial charge in [0, 0.05) is 17.0 Å². The van der Waals surface area contributed by atoms with Gasteiger partial charge in [0.2, 0.25) is 0 Å². The normalized spacial score (nSPS) is 10.3. The molecule has 0 saturated carbocycles. The highest BCUT2D eigenvalue weighted by Gasteiger charge is 2.10. The Balaban J connectivity index is 2.99. The molecule has 1 aromatic rings. The molecular weight excluding hydrogens is 254 g/mol. The summed E-state index contributed by atoms with van der Waals surface area (Å²) in [6, 6.07) is 2.14. The molecule has 4 heteroatoms. The molecule has 1 nitrogen and oxygen atoms in total. The Morgan fingerprint density at radius 2 is 2.07 bits per heavy atom. The predicted octanol–water partition coefficient (Wildman–Crippen LogP) is 3.30. The van der Waals surface area contributed by atoms with Crippen molar-refractivity contribution in [3.05, 3.63) is 29.3 Å². The number of alkyl halides is 1. The van der Waals surface area contributed by atoms with Crippen LogP contribution in [0.3, 0.4) is 0 Å². The molecule has 0 saturated heterocycles. The summed E-state index contributed by atoms with van der Waals surface area (Å²) in [7, 11) is 1.38. The largest absolute Gasteiger partial charge is 0.493 e. The lowest BCUT2D eigenvalue weighted by Crippen LogP contribution is -1.97. The molecule has 0 aliphatic carbocycles. The molecule has 0 N–H and O–H groups in total. The van der Waals surface area contributed by atoms with E-state index in [0.717, 1.165) is 17.8 Å². The Kier molecular flexibility index (Phi) is 4.32. The predicted molar refractivity (Wildman–Crippen MR) is 55.0 cm³/mol. The Morgan fingerprint density at radius 1 is 1.36 bits per heavy atom. The lowest BCUT2D eigenvalue weighted by molar-refractivity contribution is 0.378. The van der Waals surface area contributed by atoms with Crippen LogP contribution in [0.2, 0.25) is 0 Å². The molecule has 0 amide bonds. The summed E-state index contributed by atoms with van der Waals surface area (Å²) in [5.74, 6) is -1.06. The van der Waals surface area contributed by atoms with E-state index in [4.69, 9.17) is 4.74 Å². The fourth-order valence-corrected chi connectivity index (χ4v) is 1.57.